The Morgan fingerprint density at radius 2 is 2.06 bits per heavy atom. The number of carboxylic acid groups (broad SMARTS) is 1. The number of nitrogens with zero attached hydrogens (tertiary/aromatic N) is 1. The Bertz CT molecular complexity index is 1170. The summed E-state index contributed by atoms with van der Waals surface area (Å²) in [6, 6.07) is 8.17. The van der Waals surface area contributed by atoms with E-state index in [1.54, 1.807) is 18.2 Å². The Balaban J connectivity index is 2.06. The number of nitrogens with one attached hydrogen (secondary N) is 1. The van der Waals surface area contributed by atoms with Gasteiger partial charge in [0.05, 0.1) is 10.5 Å². The Morgan fingerprint density at radius 3 is 2.71 bits per heavy atom. The number of aliphatic carboxylic acids is 1. The average molecular weight is 444 g/mol. The minimum Gasteiger partial charge on any atom is -0.481 e. The summed E-state index contributed by atoms with van der Waals surface area (Å²) in [5.41, 5.74) is 10.5. The van der Waals surface area contributed by atoms with Gasteiger partial charge in [0.15, 0.2) is 0 Å². The average Bonchev–Trinajstić information content (AvgIpc) is 3.07. The van der Waals surface area contributed by atoms with Gasteiger partial charge in [-0.15, -0.1) is 0 Å². The van der Waals surface area contributed by atoms with Crippen molar-refractivity contribution in [2.24, 2.45) is 0 Å². The number of nitrogens with two attached hydrogens (primary N) is 1. The number of benzene rings is 2. The molecule has 1 aliphatic heterocycles. The van der Waals surface area contributed by atoms with Crippen molar-refractivity contribution in [3.8, 4) is 5.69 Å². The Morgan fingerprint density at radius 1 is 1.32 bits per heavy atom. The molecule has 2 aromatic carbocycles. The maximum Gasteiger partial charge on any atom is 0.303 e. The van der Waals surface area contributed by atoms with E-state index in [-0.39, 0.29) is 17.4 Å². The third-order valence-electron chi connectivity index (χ3n) is 5.83. The monoisotopic (exact) mass is 443 g/mol. The van der Waals surface area contributed by atoms with Gasteiger partial charge in [-0.3, -0.25) is 4.79 Å². The highest BCUT2D eigenvalue weighted by Gasteiger charge is 2.28. The molecule has 0 radical (unpaired) electrons. The zero-order chi connectivity index (χ0) is 22.1. The maximum atomic E-state index is 13.9. The first-order valence-electron chi connectivity index (χ1n) is 10.1. The Kier molecular flexibility index (Phi) is 5.98. The quantitative estimate of drug-likeness (QED) is 0.372. The number of hydrogen-bond acceptors (Lipinski definition) is 4. The number of nitrogen functional groups attached to an aromatic ring is 1. The highest BCUT2D eigenvalue weighted by molar-refractivity contribution is 6.30. The molecule has 0 atom stereocenters. The molecule has 31 heavy (non-hydrogen) atoms. The summed E-state index contributed by atoms with van der Waals surface area (Å²) in [7, 11) is 0. The molecule has 4 N–H and O–H groups in total. The lowest BCUT2D eigenvalue weighted by Crippen LogP contribution is -2.18. The normalized spacial score (nSPS) is 14.8. The smallest absolute Gasteiger partial charge is 0.303 e. The lowest BCUT2D eigenvalue weighted by atomic mass is 9.91. The van der Waals surface area contributed by atoms with Crippen molar-refractivity contribution in [1.29, 1.82) is 5.41 Å². The fraction of sp³-hybridized carbons (Fsp3) is 0.304. The van der Waals surface area contributed by atoms with E-state index >= 15 is 0 Å². The molecular weight excluding hydrogens is 421 g/mol. The largest absolute Gasteiger partial charge is 0.481 e. The molecule has 0 saturated carbocycles. The van der Waals surface area contributed by atoms with Crippen molar-refractivity contribution in [3.05, 3.63) is 58.0 Å². The summed E-state index contributed by atoms with van der Waals surface area (Å²) < 4.78 is 21.5. The zero-order valence-electron chi connectivity index (χ0n) is 16.8. The number of rotatable bonds is 6. The number of carbonyl (C=O) groups is 1. The van der Waals surface area contributed by atoms with Crippen molar-refractivity contribution < 1.29 is 19.0 Å². The standard InChI is InChI=1S/C23H23ClFN3O3/c24-18-10-15(1-3-19(18)25)28-21-9-14(12-26)20(27)11-17(21)16(2-4-22(29)30)23(28)13-5-7-31-8-6-13/h1,3,9-13,26H,2,4-8,27H2,(H,29,30). The highest BCUT2D eigenvalue weighted by atomic mass is 35.5. The number of anilines is 1. The van der Waals surface area contributed by atoms with E-state index in [1.807, 2.05) is 10.6 Å². The number of fused-ring (bicyclic) bond motifs is 1. The molecule has 0 bridgehead atoms. The Labute approximate surface area is 183 Å². The zero-order valence-corrected chi connectivity index (χ0v) is 17.6. The molecule has 8 heteroatoms. The van der Waals surface area contributed by atoms with Gasteiger partial charge in [0.2, 0.25) is 0 Å². The van der Waals surface area contributed by atoms with Crippen LogP contribution in [0, 0.1) is 11.2 Å². The van der Waals surface area contributed by atoms with Crippen LogP contribution in [0.2, 0.25) is 5.02 Å². The predicted octanol–water partition coefficient (Wildman–Crippen LogP) is 4.91. The first kappa shape index (κ1) is 21.3. The van der Waals surface area contributed by atoms with Crippen LogP contribution in [0.25, 0.3) is 16.6 Å². The molecule has 1 aliphatic rings. The van der Waals surface area contributed by atoms with E-state index in [0.29, 0.717) is 36.6 Å². The summed E-state index contributed by atoms with van der Waals surface area (Å²) in [4.78, 5) is 11.4. The molecule has 4 rings (SSSR count). The van der Waals surface area contributed by atoms with Gasteiger partial charge in [0, 0.05) is 59.8 Å². The number of hydrogen-bond donors (Lipinski definition) is 3. The van der Waals surface area contributed by atoms with Crippen LogP contribution in [0.1, 0.15) is 42.0 Å². The molecule has 3 aromatic rings. The first-order chi connectivity index (χ1) is 14.9. The van der Waals surface area contributed by atoms with E-state index in [4.69, 9.17) is 27.5 Å². The van der Waals surface area contributed by atoms with Crippen LogP contribution in [0.3, 0.4) is 0 Å². The molecule has 6 nitrogen and oxygen atoms in total. The third-order valence-corrected chi connectivity index (χ3v) is 6.12. The van der Waals surface area contributed by atoms with Gasteiger partial charge in [0.25, 0.3) is 0 Å². The van der Waals surface area contributed by atoms with Crippen LogP contribution in [-0.4, -0.2) is 35.1 Å². The van der Waals surface area contributed by atoms with Crippen molar-refractivity contribution in [1.82, 2.24) is 4.57 Å². The maximum absolute atomic E-state index is 13.9. The molecule has 0 unspecified atom stereocenters. The molecule has 0 aliphatic carbocycles. The molecule has 1 fully saturated rings. The predicted molar refractivity (Wildman–Crippen MR) is 119 cm³/mol. The SMILES string of the molecule is N=Cc1cc2c(cc1N)c(CCC(=O)O)c(C1CCOCC1)n2-c1ccc(F)c(Cl)c1. The number of aryl methyl sites for hydroxylation is 1. The summed E-state index contributed by atoms with van der Waals surface area (Å²) in [5.74, 6) is -1.25. The molecule has 0 amide bonds. The van der Waals surface area contributed by atoms with E-state index in [9.17, 15) is 14.3 Å². The first-order valence-corrected chi connectivity index (χ1v) is 10.5. The summed E-state index contributed by atoms with van der Waals surface area (Å²) in [6.45, 7) is 1.23. The van der Waals surface area contributed by atoms with Gasteiger partial charge in [0.1, 0.15) is 5.82 Å². The summed E-state index contributed by atoms with van der Waals surface area (Å²) in [5, 5.41) is 17.9. The van der Waals surface area contributed by atoms with Crippen molar-refractivity contribution in [2.75, 3.05) is 18.9 Å². The van der Waals surface area contributed by atoms with Crippen molar-refractivity contribution >= 4 is 40.4 Å². The molecule has 162 valence electrons. The van der Waals surface area contributed by atoms with Crippen molar-refractivity contribution in [3.63, 3.8) is 0 Å². The van der Waals surface area contributed by atoms with Crippen LogP contribution < -0.4 is 5.73 Å². The van der Waals surface area contributed by atoms with Gasteiger partial charge < -0.3 is 25.6 Å². The van der Waals surface area contributed by atoms with E-state index in [2.05, 4.69) is 0 Å². The van der Waals surface area contributed by atoms with Crippen molar-refractivity contribution in [2.45, 2.75) is 31.6 Å². The fourth-order valence-corrected chi connectivity index (χ4v) is 4.55. The van der Waals surface area contributed by atoms with Gasteiger partial charge in [-0.05, 0) is 55.2 Å². The van der Waals surface area contributed by atoms with Gasteiger partial charge >= 0.3 is 5.97 Å². The van der Waals surface area contributed by atoms with Crippen LogP contribution in [0.4, 0.5) is 10.1 Å². The second-order valence-corrected chi connectivity index (χ2v) is 8.13. The molecule has 1 saturated heterocycles. The number of halogens is 2. The minimum absolute atomic E-state index is 0.00656. The second-order valence-electron chi connectivity index (χ2n) is 7.72. The second kappa shape index (κ2) is 8.69. The van der Waals surface area contributed by atoms with Crippen LogP contribution in [0.15, 0.2) is 30.3 Å². The summed E-state index contributed by atoms with van der Waals surface area (Å²) in [6.07, 6.45) is 3.08. The molecular formula is C23H23ClFN3O3. The molecule has 2 heterocycles. The van der Waals surface area contributed by atoms with Gasteiger partial charge in [-0.25, -0.2) is 4.39 Å². The van der Waals surface area contributed by atoms with Crippen LogP contribution in [-0.2, 0) is 16.0 Å². The van der Waals surface area contributed by atoms with E-state index < -0.39 is 11.8 Å². The van der Waals surface area contributed by atoms with Crippen LogP contribution in [0.5, 0.6) is 0 Å². The lowest BCUT2D eigenvalue weighted by Gasteiger charge is -2.25. The van der Waals surface area contributed by atoms with E-state index in [0.717, 1.165) is 35.0 Å². The van der Waals surface area contributed by atoms with E-state index in [1.165, 1.54) is 12.3 Å². The lowest BCUT2D eigenvalue weighted by molar-refractivity contribution is -0.136. The minimum atomic E-state index is -0.882. The third kappa shape index (κ3) is 4.03. The van der Waals surface area contributed by atoms with Gasteiger partial charge in [-0.2, -0.15) is 0 Å². The van der Waals surface area contributed by atoms with Gasteiger partial charge in [-0.1, -0.05) is 11.6 Å². The Hall–Kier alpha value is -2.90. The number of ether oxygens (including phenoxy) is 1. The number of carboxylic acids is 1. The molecule has 1 aromatic heterocycles. The number of aromatic nitrogens is 1. The summed E-state index contributed by atoms with van der Waals surface area (Å²) >= 11 is 6.10. The van der Waals surface area contributed by atoms with Crippen LogP contribution >= 0.6 is 11.6 Å². The topological polar surface area (TPSA) is 101 Å². The highest BCUT2D eigenvalue weighted by Crippen LogP contribution is 2.40. The molecule has 0 spiro atoms. The fourth-order valence-electron chi connectivity index (χ4n) is 4.37.